The molecule has 0 aliphatic heterocycles. The molecule has 220 valence electrons. The van der Waals surface area contributed by atoms with Gasteiger partial charge >= 0.3 is 0 Å². The van der Waals surface area contributed by atoms with E-state index in [1.807, 2.05) is 47.7 Å². The zero-order valence-electron chi connectivity index (χ0n) is 25.3. The number of thiophene rings is 1. The molecular weight excluding hydrogens is 591 g/mol. The van der Waals surface area contributed by atoms with E-state index in [1.165, 1.54) is 42.1 Å². The monoisotopic (exact) mass is 617 g/mol. The maximum Gasteiger partial charge on any atom is 0.164 e. The second-order valence-corrected chi connectivity index (χ2v) is 12.8. The Hall–Kier alpha value is -5.97. The van der Waals surface area contributed by atoms with E-state index in [9.17, 15) is 0 Å². The first-order chi connectivity index (χ1) is 23.3. The molecule has 0 radical (unpaired) electrons. The lowest BCUT2D eigenvalue weighted by Gasteiger charge is -2.10. The van der Waals surface area contributed by atoms with Crippen molar-refractivity contribution in [2.24, 2.45) is 0 Å². The predicted molar refractivity (Wildman–Crippen MR) is 197 cm³/mol. The van der Waals surface area contributed by atoms with Crippen molar-refractivity contribution in [3.05, 3.63) is 164 Å². The molecule has 9 rings (SSSR count). The van der Waals surface area contributed by atoms with Gasteiger partial charge in [0.2, 0.25) is 0 Å². The Morgan fingerprint density at radius 3 is 1.60 bits per heavy atom. The van der Waals surface area contributed by atoms with Gasteiger partial charge < -0.3 is 0 Å². The first kappa shape index (κ1) is 27.3. The van der Waals surface area contributed by atoms with Crippen LogP contribution in [0.1, 0.15) is 0 Å². The van der Waals surface area contributed by atoms with Gasteiger partial charge in [-0.05, 0) is 57.3 Å². The van der Waals surface area contributed by atoms with Crippen LogP contribution in [0.5, 0.6) is 0 Å². The summed E-state index contributed by atoms with van der Waals surface area (Å²) in [6, 6.07) is 57.5. The summed E-state index contributed by atoms with van der Waals surface area (Å²) in [4.78, 5) is 15.0. The Morgan fingerprint density at radius 2 is 0.872 bits per heavy atom. The number of aromatic nitrogens is 3. The van der Waals surface area contributed by atoms with Crippen LogP contribution in [0.4, 0.5) is 0 Å². The highest BCUT2D eigenvalue weighted by Gasteiger charge is 2.15. The van der Waals surface area contributed by atoms with Crippen molar-refractivity contribution in [3.8, 4) is 56.4 Å². The number of rotatable bonds is 5. The molecular formula is C43H27N3S. The third-order valence-corrected chi connectivity index (χ3v) is 9.83. The lowest BCUT2D eigenvalue weighted by molar-refractivity contribution is 1.07. The molecule has 7 aromatic carbocycles. The highest BCUT2D eigenvalue weighted by molar-refractivity contribution is 7.26. The van der Waals surface area contributed by atoms with Crippen molar-refractivity contribution < 1.29 is 0 Å². The SMILES string of the molecule is c1ccc(-c2cccc(-c3nc(-c4ccccc4)nc(-c4ccc(-c5cccc6sc7cc8ccccc8cc7c56)cc4)n3)c2)cc1. The van der Waals surface area contributed by atoms with Crippen LogP contribution in [0.2, 0.25) is 0 Å². The molecule has 0 amide bonds. The average molecular weight is 618 g/mol. The third kappa shape index (κ3) is 5.05. The predicted octanol–water partition coefficient (Wildman–Crippen LogP) is 11.7. The van der Waals surface area contributed by atoms with Crippen LogP contribution in [0.3, 0.4) is 0 Å². The number of benzene rings is 7. The van der Waals surface area contributed by atoms with Gasteiger partial charge in [0.25, 0.3) is 0 Å². The Kier molecular flexibility index (Phi) is 6.65. The van der Waals surface area contributed by atoms with Gasteiger partial charge in [0.05, 0.1) is 0 Å². The zero-order chi connectivity index (χ0) is 31.2. The summed E-state index contributed by atoms with van der Waals surface area (Å²) in [7, 11) is 0. The van der Waals surface area contributed by atoms with Crippen LogP contribution in [0.25, 0.3) is 87.4 Å². The number of hydrogen-bond donors (Lipinski definition) is 0. The maximum atomic E-state index is 5.03. The Labute approximate surface area is 276 Å². The minimum Gasteiger partial charge on any atom is -0.208 e. The standard InChI is InChI=1S/C43H27N3S/c1-3-11-28(12-4-1)32-17-9-18-35(25-32)43-45-41(30-13-5-2-6-14-30)44-42(46-43)31-23-21-29(22-24-31)36-19-10-20-38-40(36)37-26-33-15-7-8-16-34(33)27-39(37)47-38/h1-27H. The van der Waals surface area contributed by atoms with Gasteiger partial charge in [-0.2, -0.15) is 0 Å². The van der Waals surface area contributed by atoms with Crippen molar-refractivity contribution in [1.82, 2.24) is 15.0 Å². The van der Waals surface area contributed by atoms with E-state index in [0.717, 1.165) is 27.8 Å². The van der Waals surface area contributed by atoms with Crippen LogP contribution in [0, 0.1) is 0 Å². The van der Waals surface area contributed by atoms with Crippen molar-refractivity contribution in [3.63, 3.8) is 0 Å². The van der Waals surface area contributed by atoms with Crippen LogP contribution >= 0.6 is 11.3 Å². The first-order valence-corrected chi connectivity index (χ1v) is 16.5. The summed E-state index contributed by atoms with van der Waals surface area (Å²) in [5.74, 6) is 1.95. The Balaban J connectivity index is 1.15. The molecule has 47 heavy (non-hydrogen) atoms. The second-order valence-electron chi connectivity index (χ2n) is 11.7. The summed E-state index contributed by atoms with van der Waals surface area (Å²) in [6.07, 6.45) is 0. The highest BCUT2D eigenvalue weighted by atomic mass is 32.1. The van der Waals surface area contributed by atoms with Gasteiger partial charge in [0.15, 0.2) is 17.5 Å². The molecule has 2 aromatic heterocycles. The molecule has 0 aliphatic rings. The van der Waals surface area contributed by atoms with Gasteiger partial charge in [-0.1, -0.05) is 140 Å². The quantitative estimate of drug-likeness (QED) is 0.193. The average Bonchev–Trinajstić information content (AvgIpc) is 3.52. The van der Waals surface area contributed by atoms with Gasteiger partial charge in [0.1, 0.15) is 0 Å². The molecule has 4 heteroatoms. The molecule has 0 unspecified atom stereocenters. The van der Waals surface area contributed by atoms with Crippen molar-refractivity contribution in [2.45, 2.75) is 0 Å². The lowest BCUT2D eigenvalue weighted by atomic mass is 9.97. The topological polar surface area (TPSA) is 38.7 Å². The summed E-state index contributed by atoms with van der Waals surface area (Å²) in [5, 5.41) is 5.14. The van der Waals surface area contributed by atoms with Gasteiger partial charge in [-0.15, -0.1) is 11.3 Å². The molecule has 0 aliphatic carbocycles. The molecule has 2 heterocycles. The molecule has 0 bridgehead atoms. The van der Waals surface area contributed by atoms with E-state index in [-0.39, 0.29) is 0 Å². The Morgan fingerprint density at radius 1 is 0.340 bits per heavy atom. The van der Waals surface area contributed by atoms with E-state index in [4.69, 9.17) is 15.0 Å². The van der Waals surface area contributed by atoms with Gasteiger partial charge in [0, 0.05) is 36.9 Å². The second kappa shape index (κ2) is 11.4. The van der Waals surface area contributed by atoms with E-state index in [2.05, 4.69) is 127 Å². The summed E-state index contributed by atoms with van der Waals surface area (Å²) >= 11 is 1.86. The van der Waals surface area contributed by atoms with Gasteiger partial charge in [-0.3, -0.25) is 0 Å². The normalized spacial score (nSPS) is 11.4. The smallest absolute Gasteiger partial charge is 0.164 e. The fourth-order valence-corrected chi connectivity index (χ4v) is 7.53. The maximum absolute atomic E-state index is 5.03. The summed E-state index contributed by atoms with van der Waals surface area (Å²) in [5.41, 5.74) is 7.53. The van der Waals surface area contributed by atoms with Gasteiger partial charge in [-0.25, -0.2) is 15.0 Å². The van der Waals surface area contributed by atoms with Crippen molar-refractivity contribution >= 4 is 42.3 Å². The molecule has 0 N–H and O–H groups in total. The summed E-state index contributed by atoms with van der Waals surface area (Å²) < 4.78 is 2.61. The van der Waals surface area contributed by atoms with Crippen LogP contribution in [0.15, 0.2) is 164 Å². The molecule has 0 atom stereocenters. The largest absolute Gasteiger partial charge is 0.208 e. The van der Waals surface area contributed by atoms with E-state index < -0.39 is 0 Å². The minimum absolute atomic E-state index is 0.649. The summed E-state index contributed by atoms with van der Waals surface area (Å²) in [6.45, 7) is 0. The third-order valence-electron chi connectivity index (χ3n) is 8.71. The van der Waals surface area contributed by atoms with E-state index in [0.29, 0.717) is 17.5 Å². The molecule has 0 spiro atoms. The lowest BCUT2D eigenvalue weighted by Crippen LogP contribution is -2.00. The number of fused-ring (bicyclic) bond motifs is 4. The Bertz CT molecular complexity index is 2550. The van der Waals surface area contributed by atoms with E-state index in [1.54, 1.807) is 0 Å². The van der Waals surface area contributed by atoms with E-state index >= 15 is 0 Å². The molecule has 0 fully saturated rings. The minimum atomic E-state index is 0.649. The molecule has 9 aromatic rings. The molecule has 0 saturated heterocycles. The fraction of sp³-hybridized carbons (Fsp3) is 0. The molecule has 0 saturated carbocycles. The highest BCUT2D eigenvalue weighted by Crippen LogP contribution is 2.42. The first-order valence-electron chi connectivity index (χ1n) is 15.7. The number of nitrogens with zero attached hydrogens (tertiary/aromatic N) is 3. The zero-order valence-corrected chi connectivity index (χ0v) is 26.2. The van der Waals surface area contributed by atoms with Crippen molar-refractivity contribution in [1.29, 1.82) is 0 Å². The molecule has 3 nitrogen and oxygen atoms in total. The number of hydrogen-bond acceptors (Lipinski definition) is 4. The van der Waals surface area contributed by atoms with Crippen LogP contribution in [-0.4, -0.2) is 15.0 Å². The van der Waals surface area contributed by atoms with Crippen LogP contribution in [-0.2, 0) is 0 Å². The van der Waals surface area contributed by atoms with Crippen LogP contribution < -0.4 is 0 Å². The van der Waals surface area contributed by atoms with Crippen molar-refractivity contribution in [2.75, 3.05) is 0 Å². The fourth-order valence-electron chi connectivity index (χ4n) is 6.37.